The molecular formula is C62H76N8O11S. The van der Waals surface area contributed by atoms with Crippen LogP contribution in [0.15, 0.2) is 89.7 Å². The Morgan fingerprint density at radius 2 is 1.74 bits per heavy atom. The Hall–Kier alpha value is -6.97. The summed E-state index contributed by atoms with van der Waals surface area (Å²) in [5, 5.41) is 16.9. The van der Waals surface area contributed by atoms with Gasteiger partial charge in [0.15, 0.2) is 9.84 Å². The third kappa shape index (κ3) is 12.4. The number of nitrogens with zero attached hydrogens (tertiary/aromatic N) is 6. The number of aromatic hydroxyl groups is 1. The van der Waals surface area contributed by atoms with Gasteiger partial charge in [0.1, 0.15) is 36.2 Å². The largest absolute Gasteiger partial charge is 0.508 e. The number of cyclic esters (lactones) is 1. The average molecular weight is 1140 g/mol. The predicted molar refractivity (Wildman–Crippen MR) is 310 cm³/mol. The molecule has 82 heavy (non-hydrogen) atoms. The van der Waals surface area contributed by atoms with Crippen LogP contribution in [-0.2, 0) is 69.2 Å². The van der Waals surface area contributed by atoms with Crippen molar-refractivity contribution < 1.29 is 51.3 Å². The number of rotatable bonds is 13. The van der Waals surface area contributed by atoms with Crippen LogP contribution in [-0.4, -0.2) is 149 Å². The van der Waals surface area contributed by atoms with Crippen LogP contribution in [0.1, 0.15) is 101 Å². The second kappa shape index (κ2) is 24.1. The van der Waals surface area contributed by atoms with Crippen molar-refractivity contribution >= 4 is 44.4 Å². The van der Waals surface area contributed by atoms with Crippen molar-refractivity contribution in [2.75, 3.05) is 58.5 Å². The minimum atomic E-state index is -3.05. The number of phenols is 1. The van der Waals surface area contributed by atoms with Crippen molar-refractivity contribution in [3.05, 3.63) is 113 Å². The topological polar surface area (TPSA) is 228 Å². The summed E-state index contributed by atoms with van der Waals surface area (Å²) in [5.74, 6) is -1.91. The molecule has 0 aliphatic carbocycles. The normalized spacial score (nSPS) is 22.1. The number of nitrogens with one attached hydrogen (secondary N) is 2. The van der Waals surface area contributed by atoms with Crippen LogP contribution in [0.4, 0.5) is 0 Å². The van der Waals surface area contributed by atoms with E-state index in [2.05, 4.69) is 53.1 Å². The lowest BCUT2D eigenvalue weighted by atomic mass is 9.84. The summed E-state index contributed by atoms with van der Waals surface area (Å²) in [6.07, 6.45) is 4.03. The number of aryl methyl sites for hydroxylation is 1. The first-order valence-electron chi connectivity index (χ1n) is 28.6. The number of carbonyl (C=O) groups is 4. The molecule has 0 radical (unpaired) electrons. The monoisotopic (exact) mass is 1140 g/mol. The summed E-state index contributed by atoms with van der Waals surface area (Å²) in [6.45, 7) is 14.4. The third-order valence-corrected chi connectivity index (χ3v) is 18.2. The maximum atomic E-state index is 15.0. The lowest BCUT2D eigenvalue weighted by Crippen LogP contribution is -2.62. The van der Waals surface area contributed by atoms with Crippen LogP contribution in [0, 0.1) is 11.3 Å². The van der Waals surface area contributed by atoms with Gasteiger partial charge in [-0.15, -0.1) is 0 Å². The highest BCUT2D eigenvalue weighted by Crippen LogP contribution is 2.44. The van der Waals surface area contributed by atoms with E-state index in [-0.39, 0.29) is 54.6 Å². The molecule has 10 rings (SSSR count). The first-order valence-corrected chi connectivity index (χ1v) is 30.4. The van der Waals surface area contributed by atoms with E-state index in [1.165, 1.54) is 9.91 Å². The Kier molecular flexibility index (Phi) is 17.1. The van der Waals surface area contributed by atoms with Crippen LogP contribution in [0.25, 0.3) is 44.7 Å². The summed E-state index contributed by atoms with van der Waals surface area (Å²) in [5.41, 5.74) is 11.1. The van der Waals surface area contributed by atoms with Gasteiger partial charge >= 0.3 is 5.97 Å². The zero-order valence-electron chi connectivity index (χ0n) is 48.1. The quantitative estimate of drug-likeness (QED) is 0.0958. The van der Waals surface area contributed by atoms with E-state index in [1.807, 2.05) is 69.3 Å². The van der Waals surface area contributed by atoms with E-state index in [0.717, 1.165) is 38.9 Å². The molecule has 20 heteroatoms. The number of hydrazine groups is 1. The number of ether oxygens (including phenoxy) is 3. The zero-order chi connectivity index (χ0) is 58.2. The summed E-state index contributed by atoms with van der Waals surface area (Å²) < 4.78 is 50.9. The molecule has 4 aliphatic rings. The van der Waals surface area contributed by atoms with Crippen LogP contribution in [0.3, 0.4) is 0 Å². The summed E-state index contributed by atoms with van der Waals surface area (Å²) in [4.78, 5) is 71.8. The second-order valence-corrected chi connectivity index (χ2v) is 25.9. The van der Waals surface area contributed by atoms with Crippen LogP contribution in [0.5, 0.6) is 5.75 Å². The standard InChI is InChI=1S/C62H76N8O11S/c1-9-69-52-18-17-41-30-47(52)49(55(69)48-31-43(33-63-53(48)38(4)78-8)58-64-44(35-80-58)34-68-21-24-82(76,77)25-22-68)32-62(5,6)36-81-61(75)50-16-13-20-70(66-50)59(73)51(28-39-26-42(41)29-45(71)27-39)65-57(72)54(37(2)3)67(7)60(74)56-46(19-23-79-56)40-14-11-10-12-15-40/h10-12,14-15,17-18,26-27,29-31,33,35,37-38,46,50-51,54,56,66,71H,9,13,16,19-25,28,32,34,36H2,1-8H3,(H,65,72)/t38-,46+,50-,51-,54-,56+/m0/s1. The Morgan fingerprint density at radius 1 is 0.976 bits per heavy atom. The summed E-state index contributed by atoms with van der Waals surface area (Å²) >= 11 is 0. The van der Waals surface area contributed by atoms with Gasteiger partial charge in [0, 0.05) is 93.9 Å². The Morgan fingerprint density at radius 3 is 2.48 bits per heavy atom. The molecule has 436 valence electrons. The smallest absolute Gasteiger partial charge is 0.324 e. The molecule has 0 saturated carbocycles. The number of likely N-dealkylation sites (N-methyl/N-ethyl adjacent to an activating group) is 1. The molecule has 3 saturated heterocycles. The molecule has 0 unspecified atom stereocenters. The number of phenolic OH excluding ortho intramolecular Hbond substituents is 1. The summed E-state index contributed by atoms with van der Waals surface area (Å²) in [7, 11) is 0.192. The minimum Gasteiger partial charge on any atom is -0.508 e. The molecule has 6 bridgehead atoms. The van der Waals surface area contributed by atoms with Crippen molar-refractivity contribution in [1.29, 1.82) is 0 Å². The SMILES string of the molecule is CCn1c(-c2cc(-c3nc(CN4CCS(=O)(=O)CC4)co3)cnc2[C@H](C)OC)c2c3cc(ccc31)-c1cc(O)cc(c1)C[C@H](NC(=O)[C@H](C(C)C)N(C)C(=O)[C@@H]1OCC[C@@H]1c1ccccc1)C(=O)N1CCC[C@H](N1)C(=O)OCC(C)(C)C2. The number of hydrogen-bond acceptors (Lipinski definition) is 15. The molecule has 3 amide bonds. The molecular weight excluding hydrogens is 1060 g/mol. The van der Waals surface area contributed by atoms with E-state index in [0.29, 0.717) is 92.4 Å². The van der Waals surface area contributed by atoms with Crippen molar-refractivity contribution in [2.24, 2.45) is 11.3 Å². The van der Waals surface area contributed by atoms with Gasteiger partial charge in [0.2, 0.25) is 11.8 Å². The third-order valence-electron chi connectivity index (χ3n) is 16.6. The van der Waals surface area contributed by atoms with Crippen molar-refractivity contribution in [3.63, 3.8) is 0 Å². The number of carbonyl (C=O) groups excluding carboxylic acids is 4. The average Bonchev–Trinajstić information content (AvgIpc) is 4.43. The van der Waals surface area contributed by atoms with Crippen molar-refractivity contribution in [1.82, 2.24) is 40.1 Å². The molecule has 3 aromatic carbocycles. The van der Waals surface area contributed by atoms with Crippen molar-refractivity contribution in [3.8, 4) is 39.6 Å². The number of sulfone groups is 1. The van der Waals surface area contributed by atoms with E-state index in [1.54, 1.807) is 38.8 Å². The molecule has 4 aliphatic heterocycles. The minimum absolute atomic E-state index is 0.0347. The molecule has 3 fully saturated rings. The Balaban J connectivity index is 1.04. The van der Waals surface area contributed by atoms with Gasteiger partial charge < -0.3 is 38.5 Å². The zero-order valence-corrected chi connectivity index (χ0v) is 49.0. The van der Waals surface area contributed by atoms with E-state index >= 15 is 0 Å². The molecule has 19 nitrogen and oxygen atoms in total. The Labute approximate surface area is 479 Å². The van der Waals surface area contributed by atoms with Gasteiger partial charge in [-0.2, -0.15) is 0 Å². The van der Waals surface area contributed by atoms with Gasteiger partial charge in [-0.1, -0.05) is 70.2 Å². The number of pyridine rings is 1. The van der Waals surface area contributed by atoms with Gasteiger partial charge in [0.05, 0.1) is 46.9 Å². The second-order valence-electron chi connectivity index (χ2n) is 23.6. The number of amides is 3. The van der Waals surface area contributed by atoms with Crippen LogP contribution < -0.4 is 10.7 Å². The first-order chi connectivity index (χ1) is 39.2. The number of fused-ring (bicyclic) bond motifs is 6. The fraction of sp³-hybridized carbons (Fsp3) is 0.484. The lowest BCUT2D eigenvalue weighted by Gasteiger charge is -2.37. The highest BCUT2D eigenvalue weighted by Gasteiger charge is 2.43. The highest BCUT2D eigenvalue weighted by atomic mass is 32.2. The van der Waals surface area contributed by atoms with Crippen molar-refractivity contribution in [2.45, 2.75) is 123 Å². The van der Waals surface area contributed by atoms with E-state index in [9.17, 15) is 32.7 Å². The molecule has 7 heterocycles. The molecule has 3 aromatic heterocycles. The fourth-order valence-corrected chi connectivity index (χ4v) is 13.6. The van der Waals surface area contributed by atoms with Gasteiger partial charge in [-0.25, -0.2) is 18.8 Å². The maximum absolute atomic E-state index is 15.0. The van der Waals surface area contributed by atoms with Crippen LogP contribution >= 0.6 is 0 Å². The number of oxazole rings is 1. The molecule has 3 N–H and O–H groups in total. The number of aromatic nitrogens is 3. The maximum Gasteiger partial charge on any atom is 0.324 e. The molecule has 6 atom stereocenters. The van der Waals surface area contributed by atoms with Gasteiger partial charge in [0.25, 0.3) is 11.8 Å². The van der Waals surface area contributed by atoms with Gasteiger partial charge in [-0.3, -0.25) is 34.1 Å². The van der Waals surface area contributed by atoms with Gasteiger partial charge in [-0.05, 0) is 104 Å². The lowest BCUT2D eigenvalue weighted by molar-refractivity contribution is -0.155. The fourth-order valence-electron chi connectivity index (χ4n) is 12.3. The molecule has 0 spiro atoms. The summed E-state index contributed by atoms with van der Waals surface area (Å²) in [6, 6.07) is 20.1. The number of benzene rings is 3. The number of methoxy groups -OCH3 is 1. The first kappa shape index (κ1) is 58.2. The highest BCUT2D eigenvalue weighted by molar-refractivity contribution is 7.91. The molecule has 6 aromatic rings. The predicted octanol–water partition coefficient (Wildman–Crippen LogP) is 7.39. The number of hydrogen-bond donors (Lipinski definition) is 3. The van der Waals surface area contributed by atoms with E-state index < -0.39 is 63.4 Å². The Bertz CT molecular complexity index is 3460. The van der Waals surface area contributed by atoms with E-state index in [4.69, 9.17) is 28.6 Å². The number of esters is 1. The van der Waals surface area contributed by atoms with Crippen LogP contribution in [0.2, 0.25) is 0 Å².